The highest BCUT2D eigenvalue weighted by Gasteiger charge is 2.27. The van der Waals surface area contributed by atoms with Gasteiger partial charge in [0.25, 0.3) is 5.91 Å². The number of amides is 1. The van der Waals surface area contributed by atoms with Crippen LogP contribution in [-0.2, 0) is 25.3 Å². The minimum atomic E-state index is -4.73. The summed E-state index contributed by atoms with van der Waals surface area (Å²) in [6.45, 7) is 8.58. The third kappa shape index (κ3) is 10.6. The number of nitrogens with one attached hydrogen (secondary N) is 2. The van der Waals surface area contributed by atoms with Crippen LogP contribution in [0.3, 0.4) is 0 Å². The first kappa shape index (κ1) is 33.4. The van der Waals surface area contributed by atoms with E-state index >= 15 is 0 Å². The predicted molar refractivity (Wildman–Crippen MR) is 149 cm³/mol. The van der Waals surface area contributed by atoms with Crippen LogP contribution in [0.25, 0.3) is 0 Å². The number of thiazole rings is 1. The standard InChI is InChI=1S/C26H38N3O9PS/c1-14(2)20(27-6)12-23(37-17(5)30)25-29-21(13-40-25)24(31)28-19(10-16(4)26(32)33)11-18-7-8-22(15(3)9-18)38-39(34,35)36/h7-9,13-14,16,19-20,23,27H,10-12H2,1-6H3,(H,28,31)(H,32,33)(H2,34,35,36)/t16?,19-,20-,23-/m1/s1. The summed E-state index contributed by atoms with van der Waals surface area (Å²) in [5, 5.41) is 17.6. The number of hydrogen-bond donors (Lipinski definition) is 5. The van der Waals surface area contributed by atoms with E-state index in [-0.39, 0.29) is 36.2 Å². The smallest absolute Gasteiger partial charge is 0.481 e. The maximum Gasteiger partial charge on any atom is 0.524 e. The Kier molecular flexibility index (Phi) is 12.3. The van der Waals surface area contributed by atoms with Crippen LogP contribution >= 0.6 is 19.2 Å². The minimum Gasteiger partial charge on any atom is -0.481 e. The Morgan fingerprint density at radius 3 is 2.35 bits per heavy atom. The second-order valence-corrected chi connectivity index (χ2v) is 12.1. The van der Waals surface area contributed by atoms with Gasteiger partial charge in [-0.15, -0.1) is 11.3 Å². The number of benzene rings is 1. The molecule has 1 heterocycles. The number of phosphoric ester groups is 1. The molecule has 1 aromatic heterocycles. The summed E-state index contributed by atoms with van der Waals surface area (Å²) in [4.78, 5) is 59.1. The molecule has 0 aliphatic heterocycles. The number of carbonyl (C=O) groups excluding carboxylic acids is 2. The van der Waals surface area contributed by atoms with Crippen molar-refractivity contribution in [1.29, 1.82) is 0 Å². The molecule has 0 saturated heterocycles. The fraction of sp³-hybridized carbons (Fsp3) is 0.538. The molecule has 12 nitrogen and oxygen atoms in total. The van der Waals surface area contributed by atoms with Gasteiger partial charge in [0.15, 0.2) is 6.10 Å². The molecule has 5 N–H and O–H groups in total. The van der Waals surface area contributed by atoms with E-state index in [0.29, 0.717) is 22.6 Å². The van der Waals surface area contributed by atoms with Crippen molar-refractivity contribution in [2.75, 3.05) is 7.05 Å². The molecule has 0 bridgehead atoms. The van der Waals surface area contributed by atoms with E-state index in [4.69, 9.17) is 14.5 Å². The Bertz CT molecular complexity index is 1230. The maximum atomic E-state index is 13.2. The molecule has 0 radical (unpaired) electrons. The summed E-state index contributed by atoms with van der Waals surface area (Å²) in [6, 6.07) is 4.14. The van der Waals surface area contributed by atoms with E-state index in [2.05, 4.69) is 20.1 Å². The summed E-state index contributed by atoms with van der Waals surface area (Å²) in [5.41, 5.74) is 1.30. The van der Waals surface area contributed by atoms with Crippen LogP contribution in [0.1, 0.15) is 73.3 Å². The van der Waals surface area contributed by atoms with Crippen LogP contribution in [0.5, 0.6) is 5.75 Å². The minimum absolute atomic E-state index is 0.0203. The number of carbonyl (C=O) groups is 3. The van der Waals surface area contributed by atoms with Gasteiger partial charge in [-0.2, -0.15) is 0 Å². The van der Waals surface area contributed by atoms with Crippen molar-refractivity contribution in [3.63, 3.8) is 0 Å². The monoisotopic (exact) mass is 599 g/mol. The highest BCUT2D eigenvalue weighted by atomic mass is 32.1. The third-order valence-corrected chi connectivity index (χ3v) is 7.69. The quantitative estimate of drug-likeness (QED) is 0.149. The second-order valence-electron chi connectivity index (χ2n) is 10.1. The normalized spacial score (nSPS) is 14.7. The molecular formula is C26H38N3O9PS. The molecule has 14 heteroatoms. The SMILES string of the molecule is CN[C@H](C[C@@H](OC(C)=O)c1nc(C(=O)N[C@@H](Cc2ccc(OP(=O)(O)O)c(C)c2)CC(C)C(=O)O)cs1)C(C)C. The molecule has 0 aliphatic rings. The van der Waals surface area contributed by atoms with Crippen LogP contribution in [0.15, 0.2) is 23.6 Å². The second kappa shape index (κ2) is 14.7. The predicted octanol–water partition coefficient (Wildman–Crippen LogP) is 3.61. The van der Waals surface area contributed by atoms with Gasteiger partial charge in [-0.05, 0) is 49.9 Å². The molecule has 1 unspecified atom stereocenters. The molecule has 0 fully saturated rings. The van der Waals surface area contributed by atoms with Crippen molar-refractivity contribution in [2.45, 2.75) is 72.1 Å². The zero-order valence-electron chi connectivity index (χ0n) is 23.4. The van der Waals surface area contributed by atoms with Crippen LogP contribution < -0.4 is 15.2 Å². The zero-order valence-corrected chi connectivity index (χ0v) is 25.1. The van der Waals surface area contributed by atoms with Crippen molar-refractivity contribution in [2.24, 2.45) is 11.8 Å². The number of phosphoric acid groups is 1. The van der Waals surface area contributed by atoms with Crippen molar-refractivity contribution in [3.8, 4) is 5.75 Å². The number of carboxylic acid groups (broad SMARTS) is 1. The molecule has 40 heavy (non-hydrogen) atoms. The topological polar surface area (TPSA) is 184 Å². The fourth-order valence-electron chi connectivity index (χ4n) is 4.23. The number of ether oxygens (including phenoxy) is 1. The van der Waals surface area contributed by atoms with E-state index in [0.717, 1.165) is 0 Å². The molecular weight excluding hydrogens is 561 g/mol. The molecule has 2 aromatic rings. The lowest BCUT2D eigenvalue weighted by molar-refractivity contribution is -0.147. The molecule has 1 amide bonds. The van der Waals surface area contributed by atoms with Crippen LogP contribution in [0.2, 0.25) is 0 Å². The molecule has 1 aromatic carbocycles. The lowest BCUT2D eigenvalue weighted by Gasteiger charge is -2.24. The Morgan fingerprint density at radius 2 is 1.82 bits per heavy atom. The molecule has 0 spiro atoms. The lowest BCUT2D eigenvalue weighted by atomic mass is 9.95. The number of aryl methyl sites for hydroxylation is 1. The summed E-state index contributed by atoms with van der Waals surface area (Å²) in [7, 11) is -2.90. The van der Waals surface area contributed by atoms with Gasteiger partial charge in [-0.1, -0.05) is 32.9 Å². The molecule has 2 rings (SSSR count). The van der Waals surface area contributed by atoms with E-state index in [1.165, 1.54) is 24.3 Å². The number of carboxylic acids is 1. The van der Waals surface area contributed by atoms with Gasteiger partial charge in [-0.3, -0.25) is 24.2 Å². The summed E-state index contributed by atoms with van der Waals surface area (Å²) in [6.07, 6.45) is 0.226. The highest BCUT2D eigenvalue weighted by Crippen LogP contribution is 2.39. The summed E-state index contributed by atoms with van der Waals surface area (Å²) in [5.74, 6) is -2.43. The first-order valence-corrected chi connectivity index (χ1v) is 15.2. The summed E-state index contributed by atoms with van der Waals surface area (Å²) >= 11 is 1.20. The number of nitrogens with zero attached hydrogens (tertiary/aromatic N) is 1. The number of aromatic nitrogens is 1. The van der Waals surface area contributed by atoms with Gasteiger partial charge in [0.2, 0.25) is 0 Å². The van der Waals surface area contributed by atoms with Gasteiger partial charge in [0.1, 0.15) is 16.5 Å². The van der Waals surface area contributed by atoms with Gasteiger partial charge < -0.3 is 25.0 Å². The van der Waals surface area contributed by atoms with Crippen molar-refractivity contribution < 1.29 is 43.1 Å². The Morgan fingerprint density at radius 1 is 1.15 bits per heavy atom. The Labute approximate surface area is 237 Å². The van der Waals surface area contributed by atoms with Crippen molar-refractivity contribution in [1.82, 2.24) is 15.6 Å². The molecule has 222 valence electrons. The van der Waals surface area contributed by atoms with Crippen LogP contribution in [0, 0.1) is 18.8 Å². The van der Waals surface area contributed by atoms with Gasteiger partial charge in [0, 0.05) is 30.8 Å². The van der Waals surface area contributed by atoms with E-state index < -0.39 is 43.7 Å². The van der Waals surface area contributed by atoms with Gasteiger partial charge in [-0.25, -0.2) is 9.55 Å². The van der Waals surface area contributed by atoms with Gasteiger partial charge >= 0.3 is 19.8 Å². The first-order chi connectivity index (χ1) is 18.6. The average Bonchev–Trinajstić information content (AvgIpc) is 3.32. The van der Waals surface area contributed by atoms with Gasteiger partial charge in [0.05, 0.1) is 5.92 Å². The number of aliphatic carboxylic acids is 1. The van der Waals surface area contributed by atoms with E-state index in [1.54, 1.807) is 31.4 Å². The van der Waals surface area contributed by atoms with E-state index in [9.17, 15) is 24.1 Å². The van der Waals surface area contributed by atoms with E-state index in [1.807, 2.05) is 20.9 Å². The molecule has 0 saturated carbocycles. The van der Waals surface area contributed by atoms with Crippen LogP contribution in [0.4, 0.5) is 0 Å². The maximum absolute atomic E-state index is 13.2. The summed E-state index contributed by atoms with van der Waals surface area (Å²) < 4.78 is 21.4. The largest absolute Gasteiger partial charge is 0.524 e. The lowest BCUT2D eigenvalue weighted by Crippen LogP contribution is -2.39. The molecule has 4 atom stereocenters. The molecule has 0 aliphatic carbocycles. The number of rotatable bonds is 15. The average molecular weight is 600 g/mol. The fourth-order valence-corrected chi connectivity index (χ4v) is 5.53. The highest BCUT2D eigenvalue weighted by molar-refractivity contribution is 7.46. The van der Waals surface area contributed by atoms with Crippen molar-refractivity contribution >= 4 is 37.0 Å². The third-order valence-electron chi connectivity index (χ3n) is 6.32. The zero-order chi connectivity index (χ0) is 30.2. The number of esters is 1. The first-order valence-electron chi connectivity index (χ1n) is 12.8. The Hall–Kier alpha value is -2.83. The van der Waals surface area contributed by atoms with Crippen LogP contribution in [-0.4, -0.2) is 56.9 Å². The number of hydrogen-bond acceptors (Lipinski definition) is 9. The van der Waals surface area contributed by atoms with Crippen molar-refractivity contribution in [3.05, 3.63) is 45.4 Å². The Balaban J connectivity index is 2.25.